The molecule has 0 aromatic heterocycles. The molecule has 1 atom stereocenters. The molecule has 2 rings (SSSR count). The van der Waals surface area contributed by atoms with E-state index in [1.807, 2.05) is 24.3 Å². The van der Waals surface area contributed by atoms with Gasteiger partial charge >= 0.3 is 0 Å². The minimum Gasteiger partial charge on any atom is -0.493 e. The summed E-state index contributed by atoms with van der Waals surface area (Å²) in [5.41, 5.74) is 9.76. The van der Waals surface area contributed by atoms with E-state index >= 15 is 0 Å². The normalized spacial score (nSPS) is 12.0. The molecule has 2 aromatic rings. The highest BCUT2D eigenvalue weighted by molar-refractivity contribution is 5.39. The third kappa shape index (κ3) is 3.31. The molecular formula is C17H21NO2. The number of ether oxygens (including phenoxy) is 2. The maximum atomic E-state index is 6.24. The third-order valence-electron chi connectivity index (χ3n) is 3.32. The van der Waals surface area contributed by atoms with Gasteiger partial charge in [-0.1, -0.05) is 35.9 Å². The van der Waals surface area contributed by atoms with Crippen molar-refractivity contribution in [3.63, 3.8) is 0 Å². The van der Waals surface area contributed by atoms with Gasteiger partial charge < -0.3 is 15.2 Å². The predicted molar refractivity (Wildman–Crippen MR) is 81.3 cm³/mol. The highest BCUT2D eigenvalue weighted by atomic mass is 16.5. The molecule has 0 amide bonds. The summed E-state index contributed by atoms with van der Waals surface area (Å²) in [6.45, 7) is 4.55. The molecule has 1 unspecified atom stereocenters. The fraction of sp³-hybridized carbons (Fsp3) is 0.294. The first kappa shape index (κ1) is 14.4. The molecule has 0 aliphatic carbocycles. The standard InChI is InChI=1S/C17H21NO2/c1-12-8-9-13(2)14(10-12)15(18)11-20-17-7-5-4-6-16(17)19-3/h4-10,15H,11,18H2,1-3H3. The second-order valence-corrected chi connectivity index (χ2v) is 4.93. The summed E-state index contributed by atoms with van der Waals surface area (Å²) in [7, 11) is 1.63. The van der Waals surface area contributed by atoms with Gasteiger partial charge in [-0.15, -0.1) is 0 Å². The summed E-state index contributed by atoms with van der Waals surface area (Å²) in [5, 5.41) is 0. The lowest BCUT2D eigenvalue weighted by molar-refractivity contribution is 0.273. The Morgan fingerprint density at radius 3 is 2.45 bits per heavy atom. The Morgan fingerprint density at radius 2 is 1.75 bits per heavy atom. The summed E-state index contributed by atoms with van der Waals surface area (Å²) < 4.78 is 11.0. The van der Waals surface area contributed by atoms with Gasteiger partial charge in [0.15, 0.2) is 11.5 Å². The van der Waals surface area contributed by atoms with Gasteiger partial charge in [-0.2, -0.15) is 0 Å². The van der Waals surface area contributed by atoms with Gasteiger partial charge in [-0.3, -0.25) is 0 Å². The van der Waals surface area contributed by atoms with Crippen LogP contribution in [0.15, 0.2) is 42.5 Å². The SMILES string of the molecule is COc1ccccc1OCC(N)c1cc(C)ccc1C. The molecule has 0 bridgehead atoms. The van der Waals surface area contributed by atoms with E-state index in [-0.39, 0.29) is 6.04 Å². The van der Waals surface area contributed by atoms with Crippen molar-refractivity contribution in [1.82, 2.24) is 0 Å². The quantitative estimate of drug-likeness (QED) is 0.906. The largest absolute Gasteiger partial charge is 0.493 e. The summed E-state index contributed by atoms with van der Waals surface area (Å²) >= 11 is 0. The van der Waals surface area contributed by atoms with E-state index in [1.54, 1.807) is 7.11 Å². The molecule has 0 radical (unpaired) electrons. The van der Waals surface area contributed by atoms with Crippen molar-refractivity contribution >= 4 is 0 Å². The van der Waals surface area contributed by atoms with Crippen molar-refractivity contribution in [3.05, 3.63) is 59.2 Å². The van der Waals surface area contributed by atoms with Crippen molar-refractivity contribution in [2.75, 3.05) is 13.7 Å². The van der Waals surface area contributed by atoms with Crippen molar-refractivity contribution in [2.45, 2.75) is 19.9 Å². The van der Waals surface area contributed by atoms with Crippen LogP contribution in [0.25, 0.3) is 0 Å². The summed E-state index contributed by atoms with van der Waals surface area (Å²) in [6.07, 6.45) is 0. The van der Waals surface area contributed by atoms with Crippen molar-refractivity contribution in [3.8, 4) is 11.5 Å². The molecule has 3 nitrogen and oxygen atoms in total. The van der Waals surface area contributed by atoms with E-state index in [0.29, 0.717) is 6.61 Å². The number of hydrogen-bond acceptors (Lipinski definition) is 3. The molecule has 3 heteroatoms. The van der Waals surface area contributed by atoms with Crippen LogP contribution in [-0.4, -0.2) is 13.7 Å². The number of hydrogen-bond donors (Lipinski definition) is 1. The Bertz CT molecular complexity index is 581. The smallest absolute Gasteiger partial charge is 0.161 e. The van der Waals surface area contributed by atoms with E-state index in [9.17, 15) is 0 Å². The van der Waals surface area contributed by atoms with Crippen LogP contribution in [-0.2, 0) is 0 Å². The molecule has 2 aromatic carbocycles. The molecule has 0 spiro atoms. The zero-order valence-corrected chi connectivity index (χ0v) is 12.2. The van der Waals surface area contributed by atoms with Crippen LogP contribution in [0, 0.1) is 13.8 Å². The van der Waals surface area contributed by atoms with Crippen LogP contribution in [0.2, 0.25) is 0 Å². The highest BCUT2D eigenvalue weighted by Gasteiger charge is 2.11. The molecule has 2 N–H and O–H groups in total. The van der Waals surface area contributed by atoms with E-state index < -0.39 is 0 Å². The number of nitrogens with two attached hydrogens (primary N) is 1. The lowest BCUT2D eigenvalue weighted by atomic mass is 10.00. The molecule has 0 aliphatic heterocycles. The summed E-state index contributed by atoms with van der Waals surface area (Å²) in [6, 6.07) is 13.7. The molecule has 0 fully saturated rings. The van der Waals surface area contributed by atoms with E-state index in [2.05, 4.69) is 32.0 Å². The second-order valence-electron chi connectivity index (χ2n) is 4.93. The minimum absolute atomic E-state index is 0.153. The minimum atomic E-state index is -0.153. The fourth-order valence-corrected chi connectivity index (χ4v) is 2.17. The van der Waals surface area contributed by atoms with Crippen molar-refractivity contribution in [2.24, 2.45) is 5.73 Å². The Balaban J connectivity index is 2.08. The zero-order chi connectivity index (χ0) is 14.5. The zero-order valence-electron chi connectivity index (χ0n) is 12.2. The van der Waals surface area contributed by atoms with Crippen molar-refractivity contribution < 1.29 is 9.47 Å². The first-order valence-corrected chi connectivity index (χ1v) is 6.70. The Morgan fingerprint density at radius 1 is 1.05 bits per heavy atom. The van der Waals surface area contributed by atoms with Gasteiger partial charge in [0, 0.05) is 0 Å². The number of para-hydroxylation sites is 2. The van der Waals surface area contributed by atoms with Gasteiger partial charge in [0.2, 0.25) is 0 Å². The van der Waals surface area contributed by atoms with Crippen LogP contribution in [0.1, 0.15) is 22.7 Å². The van der Waals surface area contributed by atoms with Gasteiger partial charge in [-0.25, -0.2) is 0 Å². The Hall–Kier alpha value is -2.00. The summed E-state index contributed by atoms with van der Waals surface area (Å²) in [5.74, 6) is 1.44. The Labute approximate surface area is 120 Å². The molecule has 0 heterocycles. The van der Waals surface area contributed by atoms with Gasteiger partial charge in [0.25, 0.3) is 0 Å². The molecule has 0 saturated carbocycles. The van der Waals surface area contributed by atoms with Gasteiger partial charge in [-0.05, 0) is 37.1 Å². The number of aryl methyl sites for hydroxylation is 2. The van der Waals surface area contributed by atoms with Gasteiger partial charge in [0.05, 0.1) is 13.2 Å². The van der Waals surface area contributed by atoms with Gasteiger partial charge in [0.1, 0.15) is 6.61 Å². The number of methoxy groups -OCH3 is 1. The summed E-state index contributed by atoms with van der Waals surface area (Å²) in [4.78, 5) is 0. The first-order valence-electron chi connectivity index (χ1n) is 6.70. The lowest BCUT2D eigenvalue weighted by Crippen LogP contribution is -2.20. The van der Waals surface area contributed by atoms with E-state index in [4.69, 9.17) is 15.2 Å². The van der Waals surface area contributed by atoms with Crippen molar-refractivity contribution in [1.29, 1.82) is 0 Å². The molecular weight excluding hydrogens is 250 g/mol. The third-order valence-corrected chi connectivity index (χ3v) is 3.32. The monoisotopic (exact) mass is 271 g/mol. The maximum Gasteiger partial charge on any atom is 0.161 e. The van der Waals surface area contributed by atoms with Crippen LogP contribution >= 0.6 is 0 Å². The lowest BCUT2D eigenvalue weighted by Gasteiger charge is -2.17. The fourth-order valence-electron chi connectivity index (χ4n) is 2.17. The second kappa shape index (κ2) is 6.44. The highest BCUT2D eigenvalue weighted by Crippen LogP contribution is 2.27. The van der Waals surface area contributed by atoms with E-state index in [0.717, 1.165) is 17.1 Å². The van der Waals surface area contributed by atoms with Crippen LogP contribution < -0.4 is 15.2 Å². The molecule has 106 valence electrons. The predicted octanol–water partition coefficient (Wildman–Crippen LogP) is 3.39. The average molecular weight is 271 g/mol. The average Bonchev–Trinajstić information content (AvgIpc) is 2.47. The van der Waals surface area contributed by atoms with Crippen LogP contribution in [0.4, 0.5) is 0 Å². The molecule has 0 aliphatic rings. The topological polar surface area (TPSA) is 44.5 Å². The number of benzene rings is 2. The number of rotatable bonds is 5. The van der Waals surface area contributed by atoms with Crippen LogP contribution in [0.3, 0.4) is 0 Å². The van der Waals surface area contributed by atoms with Crippen LogP contribution in [0.5, 0.6) is 11.5 Å². The molecule has 0 saturated heterocycles. The Kier molecular flexibility index (Phi) is 4.64. The first-order chi connectivity index (χ1) is 9.61. The molecule has 20 heavy (non-hydrogen) atoms. The van der Waals surface area contributed by atoms with E-state index in [1.165, 1.54) is 11.1 Å². The maximum absolute atomic E-state index is 6.24.